The summed E-state index contributed by atoms with van der Waals surface area (Å²) in [6, 6.07) is 12.7. The second-order valence-corrected chi connectivity index (χ2v) is 10.2. The number of fused-ring (bicyclic) bond motifs is 3. The highest BCUT2D eigenvalue weighted by Crippen LogP contribution is 2.38. The van der Waals surface area contributed by atoms with Gasteiger partial charge in [-0.15, -0.1) is 0 Å². The van der Waals surface area contributed by atoms with Crippen molar-refractivity contribution in [3.8, 4) is 0 Å². The van der Waals surface area contributed by atoms with Gasteiger partial charge in [0.2, 0.25) is 5.95 Å². The van der Waals surface area contributed by atoms with Gasteiger partial charge >= 0.3 is 0 Å². The molecule has 0 aliphatic carbocycles. The van der Waals surface area contributed by atoms with E-state index in [4.69, 9.17) is 23.2 Å². The summed E-state index contributed by atoms with van der Waals surface area (Å²) in [6.45, 7) is 4.52. The number of hydrogen-bond donors (Lipinski definition) is 2. The fourth-order valence-electron chi connectivity index (χ4n) is 5.32. The quantitative estimate of drug-likeness (QED) is 0.538. The van der Waals surface area contributed by atoms with Crippen LogP contribution in [0.1, 0.15) is 22.3 Å². The Morgan fingerprint density at radius 2 is 1.97 bits per heavy atom. The highest BCUT2D eigenvalue weighted by Gasteiger charge is 2.38. The molecule has 2 N–H and O–H groups in total. The second kappa shape index (κ2) is 8.55. The zero-order valence-electron chi connectivity index (χ0n) is 19.4. The lowest BCUT2D eigenvalue weighted by atomic mass is 10.1. The Morgan fingerprint density at radius 3 is 2.66 bits per heavy atom. The van der Waals surface area contributed by atoms with Crippen LogP contribution < -0.4 is 25.3 Å². The van der Waals surface area contributed by atoms with E-state index >= 15 is 0 Å². The summed E-state index contributed by atoms with van der Waals surface area (Å²) in [5.74, 6) is 0.749. The highest BCUT2D eigenvalue weighted by atomic mass is 35.5. The number of nitrogens with one attached hydrogen (secondary N) is 2. The number of rotatable bonds is 4. The third-order valence-electron chi connectivity index (χ3n) is 6.99. The van der Waals surface area contributed by atoms with E-state index in [1.54, 1.807) is 29.3 Å². The zero-order valence-corrected chi connectivity index (χ0v) is 20.9. The van der Waals surface area contributed by atoms with Gasteiger partial charge in [-0.25, -0.2) is 4.98 Å². The van der Waals surface area contributed by atoms with Crippen LogP contribution in [0.2, 0.25) is 10.0 Å². The molecule has 10 heteroatoms. The number of aryl methyl sites for hydroxylation is 1. The van der Waals surface area contributed by atoms with Crippen LogP contribution in [0, 0.1) is 6.92 Å². The Balaban J connectivity index is 1.24. The van der Waals surface area contributed by atoms with Crippen molar-refractivity contribution >= 4 is 57.9 Å². The molecule has 3 aliphatic heterocycles. The minimum absolute atomic E-state index is 0.241. The van der Waals surface area contributed by atoms with Gasteiger partial charge < -0.3 is 20.4 Å². The molecule has 0 unspecified atom stereocenters. The number of anilines is 5. The van der Waals surface area contributed by atoms with Gasteiger partial charge in [0, 0.05) is 49.8 Å². The molecule has 3 aliphatic rings. The van der Waals surface area contributed by atoms with E-state index < -0.39 is 0 Å². The summed E-state index contributed by atoms with van der Waals surface area (Å²) in [7, 11) is 1.87. The molecule has 0 radical (unpaired) electrons. The van der Waals surface area contributed by atoms with Crippen LogP contribution in [-0.2, 0) is 0 Å². The monoisotopic (exact) mass is 509 g/mol. The van der Waals surface area contributed by atoms with Crippen LogP contribution >= 0.6 is 23.2 Å². The van der Waals surface area contributed by atoms with Crippen molar-refractivity contribution in [2.75, 3.05) is 46.8 Å². The predicted molar refractivity (Wildman–Crippen MR) is 141 cm³/mol. The van der Waals surface area contributed by atoms with Crippen molar-refractivity contribution < 1.29 is 4.79 Å². The van der Waals surface area contributed by atoms with E-state index in [1.165, 1.54) is 17.7 Å². The van der Waals surface area contributed by atoms with E-state index in [9.17, 15) is 4.79 Å². The van der Waals surface area contributed by atoms with Crippen LogP contribution in [0.4, 0.5) is 28.8 Å². The van der Waals surface area contributed by atoms with E-state index in [-0.39, 0.29) is 12.6 Å². The summed E-state index contributed by atoms with van der Waals surface area (Å²) in [5, 5.41) is 7.68. The molecule has 1 amide bonds. The summed E-state index contributed by atoms with van der Waals surface area (Å²) in [6.07, 6.45) is 2.77. The first-order chi connectivity index (χ1) is 16.9. The topological polar surface area (TPSA) is 76.6 Å². The van der Waals surface area contributed by atoms with Crippen molar-refractivity contribution in [1.29, 1.82) is 0 Å². The van der Waals surface area contributed by atoms with Gasteiger partial charge in [-0.1, -0.05) is 29.3 Å². The summed E-state index contributed by atoms with van der Waals surface area (Å²) < 4.78 is 0. The molecule has 35 heavy (non-hydrogen) atoms. The lowest BCUT2D eigenvalue weighted by Crippen LogP contribution is -2.46. The van der Waals surface area contributed by atoms with Crippen LogP contribution in [0.15, 0.2) is 42.6 Å². The van der Waals surface area contributed by atoms with Crippen molar-refractivity contribution in [1.82, 2.24) is 15.3 Å². The molecule has 2 saturated heterocycles. The SMILES string of the molecule is Cc1cc(Nc2ncc3c(n2)N(C)CN(c2c(Cl)cccc2Cl)C3=O)ccc1N1C[C@@H]2C[C@H]1CN2. The maximum Gasteiger partial charge on any atom is 0.265 e. The third kappa shape index (κ3) is 3.86. The number of benzene rings is 2. The molecular weight excluding hydrogens is 485 g/mol. The average Bonchev–Trinajstić information content (AvgIpc) is 3.46. The van der Waals surface area contributed by atoms with Crippen LogP contribution in [0.5, 0.6) is 0 Å². The van der Waals surface area contributed by atoms with Gasteiger partial charge in [0.1, 0.15) is 11.4 Å². The van der Waals surface area contributed by atoms with Gasteiger partial charge in [-0.2, -0.15) is 4.98 Å². The third-order valence-corrected chi connectivity index (χ3v) is 7.60. The minimum atomic E-state index is -0.241. The Labute approximate surface area is 213 Å². The van der Waals surface area contributed by atoms with Crippen LogP contribution in [0.25, 0.3) is 0 Å². The maximum absolute atomic E-state index is 13.3. The maximum atomic E-state index is 13.3. The summed E-state index contributed by atoms with van der Waals surface area (Å²) >= 11 is 12.7. The molecule has 4 heterocycles. The zero-order chi connectivity index (χ0) is 24.3. The van der Waals surface area contributed by atoms with Gasteiger partial charge in [0.25, 0.3) is 5.91 Å². The molecular formula is C25H25Cl2N7O. The molecule has 8 nitrogen and oxygen atoms in total. The Kier molecular flexibility index (Phi) is 5.47. The first-order valence-corrected chi connectivity index (χ1v) is 12.4. The van der Waals surface area contributed by atoms with Gasteiger partial charge in [0.05, 0.1) is 22.4 Å². The van der Waals surface area contributed by atoms with E-state index in [2.05, 4.69) is 50.6 Å². The number of carbonyl (C=O) groups is 1. The van der Waals surface area contributed by atoms with Crippen molar-refractivity contribution in [2.45, 2.75) is 25.4 Å². The Hall–Kier alpha value is -3.07. The van der Waals surface area contributed by atoms with E-state index in [0.29, 0.717) is 45.1 Å². The first-order valence-electron chi connectivity index (χ1n) is 11.6. The van der Waals surface area contributed by atoms with Crippen LogP contribution in [-0.4, -0.2) is 54.8 Å². The number of piperazine rings is 1. The normalized spacial score (nSPS) is 21.0. The minimum Gasteiger partial charge on any atom is -0.365 e. The first kappa shape index (κ1) is 22.4. The largest absolute Gasteiger partial charge is 0.365 e. The summed E-state index contributed by atoms with van der Waals surface area (Å²) in [5.41, 5.74) is 4.27. The lowest BCUT2D eigenvalue weighted by molar-refractivity contribution is 0.0982. The molecule has 2 bridgehead atoms. The second-order valence-electron chi connectivity index (χ2n) is 9.35. The fraction of sp³-hybridized carbons (Fsp3) is 0.320. The van der Waals surface area contributed by atoms with Crippen molar-refractivity contribution in [3.05, 3.63) is 63.8 Å². The van der Waals surface area contributed by atoms with Crippen LogP contribution in [0.3, 0.4) is 0 Å². The number of amides is 1. The molecule has 180 valence electrons. The molecule has 0 spiro atoms. The number of hydrogen-bond acceptors (Lipinski definition) is 7. The molecule has 2 aromatic carbocycles. The smallest absolute Gasteiger partial charge is 0.265 e. The molecule has 3 aromatic rings. The van der Waals surface area contributed by atoms with E-state index in [0.717, 1.165) is 18.8 Å². The Bertz CT molecular complexity index is 1310. The van der Waals surface area contributed by atoms with Gasteiger partial charge in [0.15, 0.2) is 0 Å². The molecule has 0 saturated carbocycles. The van der Waals surface area contributed by atoms with Crippen molar-refractivity contribution in [2.24, 2.45) is 0 Å². The molecule has 6 rings (SSSR count). The molecule has 2 atom stereocenters. The summed E-state index contributed by atoms with van der Waals surface area (Å²) in [4.78, 5) is 28.3. The molecule has 1 aromatic heterocycles. The fourth-order valence-corrected chi connectivity index (χ4v) is 5.92. The lowest BCUT2D eigenvalue weighted by Gasteiger charge is -2.35. The number of carbonyl (C=O) groups excluding carboxylic acids is 1. The average molecular weight is 510 g/mol. The van der Waals surface area contributed by atoms with Crippen molar-refractivity contribution in [3.63, 3.8) is 0 Å². The number of aromatic nitrogens is 2. The Morgan fingerprint density at radius 1 is 1.17 bits per heavy atom. The van der Waals surface area contributed by atoms with E-state index in [1.807, 2.05) is 11.9 Å². The number of para-hydroxylation sites is 1. The van der Waals surface area contributed by atoms with Gasteiger partial charge in [-0.05, 0) is 49.2 Å². The predicted octanol–water partition coefficient (Wildman–Crippen LogP) is 4.44. The number of halogens is 2. The highest BCUT2D eigenvalue weighted by molar-refractivity contribution is 6.40. The number of nitrogens with zero attached hydrogens (tertiary/aromatic N) is 5. The molecule has 2 fully saturated rings. The standard InChI is InChI=1S/C25H25Cl2N7O/c1-14-8-15(6-7-21(14)33-12-16-9-17(33)10-28-16)30-25-29-11-18-23(31-25)32(2)13-34(24(18)35)22-19(26)4-3-5-20(22)27/h3-8,11,16-17,28H,9-10,12-13H2,1-2H3,(H,29,30,31)/t16-,17-/m0/s1. The van der Waals surface area contributed by atoms with Gasteiger partial charge in [-0.3, -0.25) is 9.69 Å².